The standard InChI is InChI=1S/C23H46O2/c1-4-5-6-7-15-18-21-25-23(24)20-17-14-12-10-8-9-11-13-16-19-22(2)3/h22H,4-21H2,1-3H3. The Balaban J connectivity index is 3.14. The molecular formula is C23H46O2. The summed E-state index contributed by atoms with van der Waals surface area (Å²) in [6.45, 7) is 7.48. The maximum Gasteiger partial charge on any atom is 0.305 e. The zero-order chi connectivity index (χ0) is 18.6. The van der Waals surface area contributed by atoms with E-state index in [0.717, 1.165) is 18.8 Å². The fraction of sp³-hybridized carbons (Fsp3) is 0.957. The lowest BCUT2D eigenvalue weighted by atomic mass is 10.0. The first kappa shape index (κ1) is 24.5. The molecule has 0 aliphatic rings. The van der Waals surface area contributed by atoms with Gasteiger partial charge in [0.05, 0.1) is 6.61 Å². The summed E-state index contributed by atoms with van der Waals surface area (Å²) in [5.74, 6) is 0.871. The quantitative estimate of drug-likeness (QED) is 0.174. The Morgan fingerprint density at radius 2 is 1.16 bits per heavy atom. The van der Waals surface area contributed by atoms with E-state index in [9.17, 15) is 4.79 Å². The van der Waals surface area contributed by atoms with E-state index < -0.39 is 0 Å². The number of carbonyl (C=O) groups is 1. The molecule has 0 amide bonds. The summed E-state index contributed by atoms with van der Waals surface area (Å²) in [5, 5.41) is 0. The second-order valence-electron chi connectivity index (χ2n) is 8.10. The summed E-state index contributed by atoms with van der Waals surface area (Å²) in [6.07, 6.45) is 21.2. The largest absolute Gasteiger partial charge is 0.466 e. The van der Waals surface area contributed by atoms with Crippen molar-refractivity contribution >= 4 is 5.97 Å². The van der Waals surface area contributed by atoms with Crippen LogP contribution in [0, 0.1) is 5.92 Å². The summed E-state index contributed by atoms with van der Waals surface area (Å²) in [4.78, 5) is 11.6. The molecule has 0 fully saturated rings. The van der Waals surface area contributed by atoms with Crippen LogP contribution < -0.4 is 0 Å². The van der Waals surface area contributed by atoms with Crippen LogP contribution in [0.1, 0.15) is 130 Å². The molecule has 0 aliphatic carbocycles. The van der Waals surface area contributed by atoms with Crippen molar-refractivity contribution in [1.29, 1.82) is 0 Å². The maximum absolute atomic E-state index is 11.6. The number of ether oxygens (including phenoxy) is 1. The number of esters is 1. The third kappa shape index (κ3) is 21.4. The van der Waals surface area contributed by atoms with Crippen LogP contribution in [0.5, 0.6) is 0 Å². The van der Waals surface area contributed by atoms with E-state index in [1.165, 1.54) is 89.9 Å². The van der Waals surface area contributed by atoms with Crippen molar-refractivity contribution < 1.29 is 9.53 Å². The molecule has 25 heavy (non-hydrogen) atoms. The van der Waals surface area contributed by atoms with Gasteiger partial charge in [-0.05, 0) is 18.8 Å². The highest BCUT2D eigenvalue weighted by Gasteiger charge is 2.02. The SMILES string of the molecule is CCCCCCCCOC(=O)CCCCCCCCCCCC(C)C. The molecule has 0 unspecified atom stereocenters. The van der Waals surface area contributed by atoms with Crippen molar-refractivity contribution in [2.24, 2.45) is 5.92 Å². The van der Waals surface area contributed by atoms with Crippen molar-refractivity contribution in [2.45, 2.75) is 130 Å². The van der Waals surface area contributed by atoms with Crippen LogP contribution in [-0.2, 0) is 9.53 Å². The van der Waals surface area contributed by atoms with Crippen LogP contribution in [0.25, 0.3) is 0 Å². The minimum Gasteiger partial charge on any atom is -0.466 e. The van der Waals surface area contributed by atoms with Gasteiger partial charge in [0.2, 0.25) is 0 Å². The summed E-state index contributed by atoms with van der Waals surface area (Å²) in [7, 11) is 0. The van der Waals surface area contributed by atoms with Gasteiger partial charge in [-0.3, -0.25) is 4.79 Å². The van der Waals surface area contributed by atoms with Crippen molar-refractivity contribution in [3.63, 3.8) is 0 Å². The molecule has 0 radical (unpaired) electrons. The first-order valence-corrected chi connectivity index (χ1v) is 11.3. The first-order valence-electron chi connectivity index (χ1n) is 11.3. The number of rotatable bonds is 19. The Morgan fingerprint density at radius 1 is 0.680 bits per heavy atom. The highest BCUT2D eigenvalue weighted by atomic mass is 16.5. The summed E-state index contributed by atoms with van der Waals surface area (Å²) >= 11 is 0. The summed E-state index contributed by atoms with van der Waals surface area (Å²) in [5.41, 5.74) is 0. The van der Waals surface area contributed by atoms with E-state index in [1.54, 1.807) is 0 Å². The maximum atomic E-state index is 11.6. The lowest BCUT2D eigenvalue weighted by Crippen LogP contribution is -2.05. The molecular weight excluding hydrogens is 308 g/mol. The number of hydrogen-bond donors (Lipinski definition) is 0. The van der Waals surface area contributed by atoms with Crippen LogP contribution >= 0.6 is 0 Å². The number of carbonyl (C=O) groups excluding carboxylic acids is 1. The fourth-order valence-electron chi connectivity index (χ4n) is 3.20. The van der Waals surface area contributed by atoms with Crippen LogP contribution in [-0.4, -0.2) is 12.6 Å². The Hall–Kier alpha value is -0.530. The zero-order valence-electron chi connectivity index (χ0n) is 17.6. The average Bonchev–Trinajstić information content (AvgIpc) is 2.58. The molecule has 2 heteroatoms. The Labute approximate surface area is 158 Å². The van der Waals surface area contributed by atoms with Gasteiger partial charge >= 0.3 is 5.97 Å². The lowest BCUT2D eigenvalue weighted by molar-refractivity contribution is -0.143. The normalized spacial score (nSPS) is 11.2. The van der Waals surface area contributed by atoms with Crippen molar-refractivity contribution in [2.75, 3.05) is 6.61 Å². The van der Waals surface area contributed by atoms with E-state index in [-0.39, 0.29) is 5.97 Å². The molecule has 2 nitrogen and oxygen atoms in total. The average molecular weight is 355 g/mol. The van der Waals surface area contributed by atoms with Crippen molar-refractivity contribution in [3.05, 3.63) is 0 Å². The topological polar surface area (TPSA) is 26.3 Å². The van der Waals surface area contributed by atoms with Gasteiger partial charge in [0.1, 0.15) is 0 Å². The second kappa shape index (κ2) is 19.8. The van der Waals surface area contributed by atoms with Gasteiger partial charge in [-0.1, -0.05) is 111 Å². The molecule has 0 rings (SSSR count). The third-order valence-electron chi connectivity index (χ3n) is 4.92. The molecule has 0 saturated carbocycles. The molecule has 0 spiro atoms. The van der Waals surface area contributed by atoms with E-state index in [4.69, 9.17) is 4.74 Å². The molecule has 0 aromatic heterocycles. The molecule has 0 heterocycles. The van der Waals surface area contributed by atoms with E-state index in [0.29, 0.717) is 13.0 Å². The van der Waals surface area contributed by atoms with Gasteiger partial charge in [0.15, 0.2) is 0 Å². The minimum atomic E-state index is 0.0127. The monoisotopic (exact) mass is 354 g/mol. The van der Waals surface area contributed by atoms with Crippen molar-refractivity contribution in [3.8, 4) is 0 Å². The van der Waals surface area contributed by atoms with Gasteiger partial charge in [-0.2, -0.15) is 0 Å². The molecule has 0 aliphatic heterocycles. The van der Waals surface area contributed by atoms with Crippen LogP contribution in [0.15, 0.2) is 0 Å². The number of hydrogen-bond acceptors (Lipinski definition) is 2. The predicted molar refractivity (Wildman–Crippen MR) is 110 cm³/mol. The van der Waals surface area contributed by atoms with E-state index in [2.05, 4.69) is 20.8 Å². The van der Waals surface area contributed by atoms with Crippen LogP contribution in [0.2, 0.25) is 0 Å². The van der Waals surface area contributed by atoms with Crippen molar-refractivity contribution in [1.82, 2.24) is 0 Å². The number of unbranched alkanes of at least 4 members (excludes halogenated alkanes) is 13. The Bertz CT molecular complexity index is 273. The van der Waals surface area contributed by atoms with E-state index in [1.807, 2.05) is 0 Å². The van der Waals surface area contributed by atoms with Gasteiger partial charge in [0, 0.05) is 6.42 Å². The third-order valence-corrected chi connectivity index (χ3v) is 4.92. The highest BCUT2D eigenvalue weighted by molar-refractivity contribution is 5.69. The summed E-state index contributed by atoms with van der Waals surface area (Å²) in [6, 6.07) is 0. The zero-order valence-corrected chi connectivity index (χ0v) is 17.6. The Kier molecular flexibility index (Phi) is 19.4. The second-order valence-corrected chi connectivity index (χ2v) is 8.10. The lowest BCUT2D eigenvalue weighted by Gasteiger charge is -2.06. The van der Waals surface area contributed by atoms with Gasteiger partial charge in [0.25, 0.3) is 0 Å². The van der Waals surface area contributed by atoms with Crippen LogP contribution in [0.3, 0.4) is 0 Å². The fourth-order valence-corrected chi connectivity index (χ4v) is 3.20. The van der Waals surface area contributed by atoms with Crippen LogP contribution in [0.4, 0.5) is 0 Å². The minimum absolute atomic E-state index is 0.0127. The molecule has 0 bridgehead atoms. The highest BCUT2D eigenvalue weighted by Crippen LogP contribution is 2.13. The predicted octanol–water partition coefficient (Wildman–Crippen LogP) is 7.84. The first-order chi connectivity index (χ1) is 12.2. The molecule has 0 aromatic carbocycles. The van der Waals surface area contributed by atoms with Gasteiger partial charge < -0.3 is 4.74 Å². The Morgan fingerprint density at radius 3 is 1.72 bits per heavy atom. The molecule has 0 atom stereocenters. The summed E-state index contributed by atoms with van der Waals surface area (Å²) < 4.78 is 5.31. The molecule has 150 valence electrons. The van der Waals surface area contributed by atoms with Gasteiger partial charge in [-0.15, -0.1) is 0 Å². The molecule has 0 saturated heterocycles. The van der Waals surface area contributed by atoms with Gasteiger partial charge in [-0.25, -0.2) is 0 Å². The van der Waals surface area contributed by atoms with E-state index >= 15 is 0 Å². The molecule has 0 aromatic rings. The smallest absolute Gasteiger partial charge is 0.305 e. The molecule has 0 N–H and O–H groups in total.